The van der Waals surface area contributed by atoms with Crippen molar-refractivity contribution < 1.29 is 9.53 Å². The average Bonchev–Trinajstić information content (AvgIpc) is 2.61. The second-order valence-corrected chi connectivity index (χ2v) is 5.78. The third-order valence-electron chi connectivity index (χ3n) is 3.18. The van der Waals surface area contributed by atoms with E-state index in [0.29, 0.717) is 18.0 Å². The van der Waals surface area contributed by atoms with Crippen molar-refractivity contribution in [2.24, 2.45) is 0 Å². The van der Waals surface area contributed by atoms with E-state index < -0.39 is 5.91 Å². The Balaban J connectivity index is 1.94. The number of nitriles is 1. The molecule has 2 aromatic rings. The van der Waals surface area contributed by atoms with Crippen LogP contribution in [0.4, 0.5) is 5.69 Å². The van der Waals surface area contributed by atoms with Gasteiger partial charge < -0.3 is 15.4 Å². The van der Waals surface area contributed by atoms with Crippen LogP contribution in [0.25, 0.3) is 0 Å². The van der Waals surface area contributed by atoms with Crippen LogP contribution in [0.1, 0.15) is 5.56 Å². The third-order valence-corrected chi connectivity index (χ3v) is 3.71. The van der Waals surface area contributed by atoms with E-state index in [4.69, 9.17) is 10.00 Å². The Labute approximate surface area is 149 Å². The first kappa shape index (κ1) is 17.6. The maximum Gasteiger partial charge on any atom is 0.267 e. The van der Waals surface area contributed by atoms with Crippen molar-refractivity contribution in [1.82, 2.24) is 5.32 Å². The summed E-state index contributed by atoms with van der Waals surface area (Å²) < 4.78 is 6.05. The SMILES string of the molecule is COc1ccc(NC(=O)/C(C#N)=C\NCc2ccc(Br)cc2)cc1. The van der Waals surface area contributed by atoms with E-state index in [1.807, 2.05) is 30.3 Å². The van der Waals surface area contributed by atoms with Gasteiger partial charge in [-0.05, 0) is 42.0 Å². The zero-order chi connectivity index (χ0) is 17.4. The van der Waals surface area contributed by atoms with E-state index in [-0.39, 0.29) is 5.57 Å². The van der Waals surface area contributed by atoms with Crippen molar-refractivity contribution in [2.45, 2.75) is 6.54 Å². The minimum atomic E-state index is -0.467. The predicted molar refractivity (Wildman–Crippen MR) is 96.3 cm³/mol. The van der Waals surface area contributed by atoms with Gasteiger partial charge >= 0.3 is 0 Å². The second kappa shape index (κ2) is 8.75. The molecule has 2 N–H and O–H groups in total. The molecule has 0 fully saturated rings. The predicted octanol–water partition coefficient (Wildman–Crippen LogP) is 3.59. The summed E-state index contributed by atoms with van der Waals surface area (Å²) in [5, 5.41) is 14.8. The molecular weight excluding hydrogens is 370 g/mol. The highest BCUT2D eigenvalue weighted by Gasteiger charge is 2.09. The maximum atomic E-state index is 12.1. The number of ether oxygens (including phenoxy) is 1. The van der Waals surface area contributed by atoms with Crippen LogP contribution in [0.3, 0.4) is 0 Å². The lowest BCUT2D eigenvalue weighted by Gasteiger charge is -2.06. The topological polar surface area (TPSA) is 74.1 Å². The lowest BCUT2D eigenvalue weighted by molar-refractivity contribution is -0.112. The Hall–Kier alpha value is -2.78. The zero-order valence-corrected chi connectivity index (χ0v) is 14.6. The lowest BCUT2D eigenvalue weighted by Crippen LogP contribution is -2.16. The number of halogens is 1. The number of hydrogen-bond acceptors (Lipinski definition) is 4. The smallest absolute Gasteiger partial charge is 0.267 e. The minimum Gasteiger partial charge on any atom is -0.497 e. The van der Waals surface area contributed by atoms with E-state index in [0.717, 1.165) is 10.0 Å². The Morgan fingerprint density at radius 1 is 1.21 bits per heavy atom. The Kier molecular flexibility index (Phi) is 6.41. The van der Waals surface area contributed by atoms with Crippen LogP contribution in [0, 0.1) is 11.3 Å². The summed E-state index contributed by atoms with van der Waals surface area (Å²) in [6.07, 6.45) is 1.42. The summed E-state index contributed by atoms with van der Waals surface area (Å²) >= 11 is 3.37. The van der Waals surface area contributed by atoms with Crippen molar-refractivity contribution in [3.8, 4) is 11.8 Å². The molecule has 0 unspecified atom stereocenters. The quantitative estimate of drug-likeness (QED) is 0.588. The minimum absolute atomic E-state index is 0.00271. The summed E-state index contributed by atoms with van der Waals surface area (Å²) in [5.41, 5.74) is 1.64. The Morgan fingerprint density at radius 3 is 2.46 bits per heavy atom. The summed E-state index contributed by atoms with van der Waals surface area (Å²) in [7, 11) is 1.57. The third kappa shape index (κ3) is 5.14. The van der Waals surface area contributed by atoms with Crippen molar-refractivity contribution in [3.05, 3.63) is 70.3 Å². The van der Waals surface area contributed by atoms with Gasteiger partial charge in [-0.3, -0.25) is 4.79 Å². The number of hydrogen-bond donors (Lipinski definition) is 2. The standard InChI is InChI=1S/C18H16BrN3O2/c1-24-17-8-6-16(7-9-17)22-18(23)14(10-20)12-21-11-13-2-4-15(19)5-3-13/h2-9,12,21H,11H2,1H3,(H,22,23)/b14-12-. The van der Waals surface area contributed by atoms with Crippen LogP contribution in [0.15, 0.2) is 64.8 Å². The van der Waals surface area contributed by atoms with E-state index >= 15 is 0 Å². The Bertz CT molecular complexity index is 762. The van der Waals surface area contributed by atoms with Gasteiger partial charge in [0.25, 0.3) is 5.91 Å². The highest BCUT2D eigenvalue weighted by Crippen LogP contribution is 2.15. The first-order chi connectivity index (χ1) is 11.6. The highest BCUT2D eigenvalue weighted by molar-refractivity contribution is 9.10. The fourth-order valence-electron chi connectivity index (χ4n) is 1.89. The molecule has 0 aliphatic rings. The lowest BCUT2D eigenvalue weighted by atomic mass is 10.2. The number of carbonyl (C=O) groups is 1. The van der Waals surface area contributed by atoms with Crippen LogP contribution >= 0.6 is 15.9 Å². The van der Waals surface area contributed by atoms with E-state index in [2.05, 4.69) is 26.6 Å². The number of anilines is 1. The molecule has 5 nitrogen and oxygen atoms in total. The first-order valence-electron chi connectivity index (χ1n) is 7.16. The van der Waals surface area contributed by atoms with Gasteiger partial charge in [-0.15, -0.1) is 0 Å². The molecule has 0 spiro atoms. The van der Waals surface area contributed by atoms with Gasteiger partial charge in [-0.25, -0.2) is 0 Å². The molecule has 24 heavy (non-hydrogen) atoms. The van der Waals surface area contributed by atoms with Crippen molar-refractivity contribution in [1.29, 1.82) is 5.26 Å². The van der Waals surface area contributed by atoms with Crippen LogP contribution in [0.2, 0.25) is 0 Å². The molecule has 0 saturated carbocycles. The summed E-state index contributed by atoms with van der Waals surface area (Å²) in [4.78, 5) is 12.1. The fourth-order valence-corrected chi connectivity index (χ4v) is 2.16. The molecule has 2 aromatic carbocycles. The van der Waals surface area contributed by atoms with E-state index in [9.17, 15) is 4.79 Å². The van der Waals surface area contributed by atoms with Gasteiger partial charge in [0.2, 0.25) is 0 Å². The fraction of sp³-hybridized carbons (Fsp3) is 0.111. The summed E-state index contributed by atoms with van der Waals surface area (Å²) in [6, 6.07) is 16.6. The van der Waals surface area contributed by atoms with Crippen LogP contribution in [-0.4, -0.2) is 13.0 Å². The van der Waals surface area contributed by atoms with Gasteiger partial charge in [-0.2, -0.15) is 5.26 Å². The van der Waals surface area contributed by atoms with Gasteiger partial charge in [0, 0.05) is 22.9 Å². The average molecular weight is 386 g/mol. The molecule has 122 valence electrons. The number of rotatable bonds is 6. The van der Waals surface area contributed by atoms with Crippen molar-refractivity contribution >= 4 is 27.5 Å². The van der Waals surface area contributed by atoms with Crippen LogP contribution < -0.4 is 15.4 Å². The number of nitrogens with one attached hydrogen (secondary N) is 2. The van der Waals surface area contributed by atoms with Gasteiger partial charge in [0.1, 0.15) is 17.4 Å². The molecule has 0 heterocycles. The summed E-state index contributed by atoms with van der Waals surface area (Å²) in [6.45, 7) is 0.522. The van der Waals surface area contributed by atoms with E-state index in [1.54, 1.807) is 31.4 Å². The van der Waals surface area contributed by atoms with Crippen LogP contribution in [0.5, 0.6) is 5.75 Å². The van der Waals surface area contributed by atoms with Crippen LogP contribution in [-0.2, 0) is 11.3 Å². The second-order valence-electron chi connectivity index (χ2n) is 4.86. The zero-order valence-electron chi connectivity index (χ0n) is 13.0. The number of methoxy groups -OCH3 is 1. The molecular formula is C18H16BrN3O2. The van der Waals surface area contributed by atoms with Crippen molar-refractivity contribution in [3.63, 3.8) is 0 Å². The Morgan fingerprint density at radius 2 is 1.88 bits per heavy atom. The molecule has 6 heteroatoms. The highest BCUT2D eigenvalue weighted by atomic mass is 79.9. The molecule has 0 aromatic heterocycles. The first-order valence-corrected chi connectivity index (χ1v) is 7.95. The molecule has 0 aliphatic heterocycles. The summed E-state index contributed by atoms with van der Waals surface area (Å²) in [5.74, 6) is 0.228. The number of nitrogens with zero attached hydrogens (tertiary/aromatic N) is 1. The number of carbonyl (C=O) groups excluding carboxylic acids is 1. The maximum absolute atomic E-state index is 12.1. The molecule has 0 aliphatic carbocycles. The van der Waals surface area contributed by atoms with Crippen molar-refractivity contribution in [2.75, 3.05) is 12.4 Å². The molecule has 0 radical (unpaired) electrons. The normalized spacial score (nSPS) is 10.6. The molecule has 0 saturated heterocycles. The van der Waals surface area contributed by atoms with E-state index in [1.165, 1.54) is 6.20 Å². The molecule has 0 atom stereocenters. The molecule has 2 rings (SSSR count). The van der Waals surface area contributed by atoms with Gasteiger partial charge in [0.15, 0.2) is 0 Å². The number of amides is 1. The molecule has 1 amide bonds. The van der Waals surface area contributed by atoms with Gasteiger partial charge in [0.05, 0.1) is 7.11 Å². The monoisotopic (exact) mass is 385 g/mol. The largest absolute Gasteiger partial charge is 0.497 e. The number of benzene rings is 2. The molecule has 0 bridgehead atoms. The van der Waals surface area contributed by atoms with Gasteiger partial charge in [-0.1, -0.05) is 28.1 Å².